The van der Waals surface area contributed by atoms with Gasteiger partial charge in [0, 0.05) is 37.8 Å². The molecule has 1 saturated heterocycles. The van der Waals surface area contributed by atoms with Crippen LogP contribution in [0.3, 0.4) is 0 Å². The Morgan fingerprint density at radius 1 is 1.53 bits per heavy atom. The first-order valence-electron chi connectivity index (χ1n) is 6.42. The van der Waals surface area contributed by atoms with Gasteiger partial charge in [0.1, 0.15) is 5.01 Å². The van der Waals surface area contributed by atoms with E-state index in [9.17, 15) is 9.59 Å². The summed E-state index contributed by atoms with van der Waals surface area (Å²) in [6.45, 7) is 4.60. The molecule has 0 bridgehead atoms. The molecule has 1 aliphatic rings. The monoisotopic (exact) mass is 282 g/mol. The molecule has 1 unspecified atom stereocenters. The van der Waals surface area contributed by atoms with E-state index in [0.717, 1.165) is 18.1 Å². The number of nitrogens with zero attached hydrogens (tertiary/aromatic N) is 2. The fourth-order valence-corrected chi connectivity index (χ4v) is 2.75. The molecule has 0 aromatic carbocycles. The summed E-state index contributed by atoms with van der Waals surface area (Å²) in [6, 6.07) is -0.181. The third kappa shape index (κ3) is 3.51. The average molecular weight is 282 g/mol. The topological polar surface area (TPSA) is 74.3 Å². The van der Waals surface area contributed by atoms with Gasteiger partial charge < -0.3 is 15.5 Å². The van der Waals surface area contributed by atoms with Gasteiger partial charge in [-0.3, -0.25) is 9.59 Å². The Labute approximate surface area is 116 Å². The minimum absolute atomic E-state index is 0.181. The molecule has 0 aliphatic carbocycles. The van der Waals surface area contributed by atoms with E-state index in [4.69, 9.17) is 0 Å². The number of hydrogen-bond donors (Lipinski definition) is 2. The largest absolute Gasteiger partial charge is 0.339 e. The van der Waals surface area contributed by atoms with Gasteiger partial charge in [0.25, 0.3) is 0 Å². The van der Waals surface area contributed by atoms with Gasteiger partial charge in [-0.2, -0.15) is 0 Å². The van der Waals surface area contributed by atoms with Crippen LogP contribution in [0.15, 0.2) is 11.6 Å². The van der Waals surface area contributed by atoms with Crippen molar-refractivity contribution in [2.45, 2.75) is 19.4 Å². The molecule has 6 nitrogen and oxygen atoms in total. The predicted molar refractivity (Wildman–Crippen MR) is 72.7 cm³/mol. The van der Waals surface area contributed by atoms with Crippen molar-refractivity contribution in [2.75, 3.05) is 26.2 Å². The zero-order valence-corrected chi connectivity index (χ0v) is 11.7. The Morgan fingerprint density at radius 2 is 2.26 bits per heavy atom. The number of aromatic nitrogens is 1. The van der Waals surface area contributed by atoms with Crippen LogP contribution in [0.1, 0.15) is 24.4 Å². The Hall–Kier alpha value is -1.47. The lowest BCUT2D eigenvalue weighted by Gasteiger charge is -2.27. The van der Waals surface area contributed by atoms with E-state index in [1.807, 2.05) is 12.3 Å². The molecule has 0 radical (unpaired) electrons. The Morgan fingerprint density at radius 3 is 2.84 bits per heavy atom. The molecular weight excluding hydrogens is 264 g/mol. The quantitative estimate of drug-likeness (QED) is 0.774. The van der Waals surface area contributed by atoms with Crippen molar-refractivity contribution in [3.8, 4) is 0 Å². The lowest BCUT2D eigenvalue weighted by Crippen LogP contribution is -2.51. The number of carbonyl (C=O) groups is 2. The predicted octanol–water partition coefficient (Wildman–Crippen LogP) is 0.142. The molecule has 0 spiro atoms. The van der Waals surface area contributed by atoms with Crippen molar-refractivity contribution < 1.29 is 9.59 Å². The van der Waals surface area contributed by atoms with Crippen LogP contribution in [0.2, 0.25) is 0 Å². The van der Waals surface area contributed by atoms with E-state index in [1.54, 1.807) is 11.1 Å². The SMILES string of the molecule is CCC(NC(=O)C(=O)N1CCNCC1)c1nccs1. The number of hydrogen-bond acceptors (Lipinski definition) is 5. The summed E-state index contributed by atoms with van der Waals surface area (Å²) in [5.74, 6) is -0.986. The van der Waals surface area contributed by atoms with Gasteiger partial charge in [-0.05, 0) is 6.42 Å². The highest BCUT2D eigenvalue weighted by Crippen LogP contribution is 2.18. The van der Waals surface area contributed by atoms with Crippen LogP contribution in [0.25, 0.3) is 0 Å². The van der Waals surface area contributed by atoms with Crippen LogP contribution >= 0.6 is 11.3 Å². The first kappa shape index (κ1) is 14.0. The average Bonchev–Trinajstić information content (AvgIpc) is 2.98. The number of nitrogens with one attached hydrogen (secondary N) is 2. The maximum Gasteiger partial charge on any atom is 0.311 e. The zero-order chi connectivity index (χ0) is 13.7. The third-order valence-corrected chi connectivity index (χ3v) is 3.95. The highest BCUT2D eigenvalue weighted by Gasteiger charge is 2.25. The second-order valence-corrected chi connectivity index (χ2v) is 5.27. The van der Waals surface area contributed by atoms with Crippen LogP contribution in [0, 0.1) is 0 Å². The molecule has 19 heavy (non-hydrogen) atoms. The Balaban J connectivity index is 1.93. The van der Waals surface area contributed by atoms with Crippen molar-refractivity contribution in [1.82, 2.24) is 20.5 Å². The first-order chi connectivity index (χ1) is 9.22. The minimum atomic E-state index is -0.538. The van der Waals surface area contributed by atoms with E-state index in [0.29, 0.717) is 19.5 Å². The van der Waals surface area contributed by atoms with E-state index in [-0.39, 0.29) is 6.04 Å². The Bertz CT molecular complexity index is 429. The molecule has 1 fully saturated rings. The van der Waals surface area contributed by atoms with Gasteiger partial charge in [0.15, 0.2) is 0 Å². The van der Waals surface area contributed by atoms with Crippen molar-refractivity contribution in [3.05, 3.63) is 16.6 Å². The molecule has 104 valence electrons. The third-order valence-electron chi connectivity index (χ3n) is 3.06. The number of amides is 2. The number of carbonyl (C=O) groups excluding carboxylic acids is 2. The van der Waals surface area contributed by atoms with E-state index in [2.05, 4.69) is 15.6 Å². The smallest absolute Gasteiger partial charge is 0.311 e. The molecule has 1 atom stereocenters. The van der Waals surface area contributed by atoms with Crippen molar-refractivity contribution in [2.24, 2.45) is 0 Å². The van der Waals surface area contributed by atoms with Crippen LogP contribution in [0.5, 0.6) is 0 Å². The van der Waals surface area contributed by atoms with E-state index >= 15 is 0 Å². The molecule has 2 heterocycles. The summed E-state index contributed by atoms with van der Waals surface area (Å²) in [6.07, 6.45) is 2.42. The number of piperazine rings is 1. The van der Waals surface area contributed by atoms with Gasteiger partial charge in [0.2, 0.25) is 0 Å². The summed E-state index contributed by atoms with van der Waals surface area (Å²) in [4.78, 5) is 29.7. The van der Waals surface area contributed by atoms with Gasteiger partial charge >= 0.3 is 11.8 Å². The molecule has 1 aromatic rings. The molecule has 2 N–H and O–H groups in total. The van der Waals surface area contributed by atoms with Crippen LogP contribution in [-0.4, -0.2) is 47.9 Å². The second kappa shape index (κ2) is 6.63. The van der Waals surface area contributed by atoms with Gasteiger partial charge in [0.05, 0.1) is 6.04 Å². The summed E-state index contributed by atoms with van der Waals surface area (Å²) in [7, 11) is 0. The molecule has 7 heteroatoms. The van der Waals surface area contributed by atoms with Crippen molar-refractivity contribution in [3.63, 3.8) is 0 Å². The molecule has 2 amide bonds. The van der Waals surface area contributed by atoms with Gasteiger partial charge in [-0.25, -0.2) is 4.98 Å². The van der Waals surface area contributed by atoms with E-state index < -0.39 is 11.8 Å². The van der Waals surface area contributed by atoms with Crippen molar-refractivity contribution in [1.29, 1.82) is 0 Å². The van der Waals surface area contributed by atoms with Crippen LogP contribution in [-0.2, 0) is 9.59 Å². The molecule has 2 rings (SSSR count). The van der Waals surface area contributed by atoms with Crippen LogP contribution in [0.4, 0.5) is 0 Å². The Kier molecular flexibility index (Phi) is 4.86. The molecule has 0 saturated carbocycles. The maximum atomic E-state index is 12.0. The second-order valence-electron chi connectivity index (χ2n) is 4.35. The first-order valence-corrected chi connectivity index (χ1v) is 7.30. The molecular formula is C12H18N4O2S. The lowest BCUT2D eigenvalue weighted by atomic mass is 10.2. The fourth-order valence-electron chi connectivity index (χ4n) is 1.98. The van der Waals surface area contributed by atoms with E-state index in [1.165, 1.54) is 11.3 Å². The minimum Gasteiger partial charge on any atom is -0.339 e. The maximum absolute atomic E-state index is 12.0. The highest BCUT2D eigenvalue weighted by atomic mass is 32.1. The van der Waals surface area contributed by atoms with Gasteiger partial charge in [-0.1, -0.05) is 6.92 Å². The summed E-state index contributed by atoms with van der Waals surface area (Å²) in [5.41, 5.74) is 0. The number of thiazole rings is 1. The van der Waals surface area contributed by atoms with Gasteiger partial charge in [-0.15, -0.1) is 11.3 Å². The summed E-state index contributed by atoms with van der Waals surface area (Å²) < 4.78 is 0. The molecule has 1 aromatic heterocycles. The lowest BCUT2D eigenvalue weighted by molar-refractivity contribution is -0.146. The summed E-state index contributed by atoms with van der Waals surface area (Å²) >= 11 is 1.48. The standard InChI is InChI=1S/C12H18N4O2S/c1-2-9(11-14-5-8-19-11)15-10(17)12(18)16-6-3-13-4-7-16/h5,8-9,13H,2-4,6-7H2,1H3,(H,15,17). The normalized spacial score (nSPS) is 17.0. The zero-order valence-electron chi connectivity index (χ0n) is 10.9. The number of rotatable bonds is 3. The van der Waals surface area contributed by atoms with Crippen molar-refractivity contribution >= 4 is 23.2 Å². The highest BCUT2D eigenvalue weighted by molar-refractivity contribution is 7.09. The molecule has 1 aliphatic heterocycles. The fraction of sp³-hybridized carbons (Fsp3) is 0.583. The van der Waals surface area contributed by atoms with Crippen LogP contribution < -0.4 is 10.6 Å². The summed E-state index contributed by atoms with van der Waals surface area (Å²) in [5, 5.41) is 8.61.